The number of ether oxygens (including phenoxy) is 2. The van der Waals surface area contributed by atoms with E-state index >= 15 is 0 Å². The quantitative estimate of drug-likeness (QED) is 0.241. The van der Waals surface area contributed by atoms with Crippen LogP contribution in [0.5, 0.6) is 0 Å². The van der Waals surface area contributed by atoms with Gasteiger partial charge in [-0.15, -0.1) is 11.3 Å². The van der Waals surface area contributed by atoms with Gasteiger partial charge in [0.15, 0.2) is 6.73 Å². The summed E-state index contributed by atoms with van der Waals surface area (Å²) in [5.41, 5.74) is 4.83. The molecule has 0 aliphatic carbocycles. The van der Waals surface area contributed by atoms with Gasteiger partial charge in [-0.05, 0) is 59.2 Å². The first-order valence-electron chi connectivity index (χ1n) is 13.9. The molecule has 3 aromatic carbocycles. The van der Waals surface area contributed by atoms with Crippen LogP contribution in [0, 0.1) is 5.82 Å². The van der Waals surface area contributed by atoms with Crippen molar-refractivity contribution in [2.45, 2.75) is 25.9 Å². The summed E-state index contributed by atoms with van der Waals surface area (Å²) in [5, 5.41) is 3.13. The number of halogens is 1. The number of thiophene rings is 1. The maximum Gasteiger partial charge on any atom is 0.510 e. The maximum absolute atomic E-state index is 14.2. The van der Waals surface area contributed by atoms with Crippen LogP contribution in [-0.2, 0) is 33.7 Å². The second kappa shape index (κ2) is 12.3. The molecular weight excluding hydrogens is 541 g/mol. The zero-order valence-electron chi connectivity index (χ0n) is 22.8. The Morgan fingerprint density at radius 3 is 2.54 bits per heavy atom. The Hall–Kier alpha value is -3.95. The topological polar surface area (TPSA) is 62.3 Å². The van der Waals surface area contributed by atoms with Crippen molar-refractivity contribution in [3.8, 4) is 0 Å². The number of benzene rings is 3. The number of carbonyl (C=O) groups excluding carboxylic acids is 2. The predicted molar refractivity (Wildman–Crippen MR) is 159 cm³/mol. The third kappa shape index (κ3) is 6.36. The molecule has 3 heterocycles. The molecule has 2 aliphatic heterocycles. The van der Waals surface area contributed by atoms with Gasteiger partial charge >= 0.3 is 6.16 Å². The number of aryl methyl sites for hydroxylation is 1. The van der Waals surface area contributed by atoms with Gasteiger partial charge in [-0.1, -0.05) is 42.5 Å². The molecule has 7 nitrogen and oxygen atoms in total. The highest BCUT2D eigenvalue weighted by Gasteiger charge is 2.26. The lowest BCUT2D eigenvalue weighted by Gasteiger charge is -2.36. The van der Waals surface area contributed by atoms with Crippen molar-refractivity contribution in [1.82, 2.24) is 4.90 Å². The Bertz CT molecular complexity index is 1530. The van der Waals surface area contributed by atoms with Crippen LogP contribution < -0.4 is 9.80 Å². The number of rotatable bonds is 8. The van der Waals surface area contributed by atoms with Crippen molar-refractivity contribution < 1.29 is 23.5 Å². The van der Waals surface area contributed by atoms with Crippen molar-refractivity contribution in [3.63, 3.8) is 0 Å². The number of fused-ring (bicyclic) bond motifs is 2. The molecule has 0 bridgehead atoms. The lowest BCUT2D eigenvalue weighted by Crippen LogP contribution is -2.47. The van der Waals surface area contributed by atoms with Crippen LogP contribution in [0.2, 0.25) is 0 Å². The molecule has 4 aromatic rings. The summed E-state index contributed by atoms with van der Waals surface area (Å²) >= 11 is 1.57. The van der Waals surface area contributed by atoms with Gasteiger partial charge in [0.25, 0.3) is 0 Å². The van der Waals surface area contributed by atoms with Gasteiger partial charge in [0, 0.05) is 54.9 Å². The average Bonchev–Trinajstić information content (AvgIpc) is 3.47. The largest absolute Gasteiger partial charge is 0.510 e. The van der Waals surface area contributed by atoms with Gasteiger partial charge in [-0.2, -0.15) is 0 Å². The van der Waals surface area contributed by atoms with Gasteiger partial charge in [0.2, 0.25) is 5.91 Å². The molecular formula is C32H32FN3O4S. The van der Waals surface area contributed by atoms with Crippen LogP contribution in [0.4, 0.5) is 20.6 Å². The fourth-order valence-corrected chi connectivity index (χ4v) is 6.37. The molecule has 1 fully saturated rings. The SMILES string of the molecule is O=C(OCc1ccccc1)OCN1C(=O)CCc2ccc(CCN3CCN(c4cc(F)cc5sccc45)CC3)cc21. The minimum absolute atomic E-state index is 0.0706. The molecule has 6 rings (SSSR count). The van der Waals surface area contributed by atoms with Gasteiger partial charge in [-0.25, -0.2) is 9.18 Å². The zero-order chi connectivity index (χ0) is 28.2. The maximum atomic E-state index is 14.2. The number of hydrogen-bond acceptors (Lipinski definition) is 7. The number of piperazine rings is 1. The standard InChI is InChI=1S/C32H32FN3O4S/c33-26-19-29(27-11-17-41-30(27)20-26)35-15-13-34(14-16-35)12-10-23-6-7-25-8-9-31(37)36(28(25)18-23)22-40-32(38)39-21-24-4-2-1-3-5-24/h1-7,11,17-20H,8-10,12-16,21-22H2. The minimum atomic E-state index is -0.804. The number of hydrogen-bond donors (Lipinski definition) is 0. The Labute approximate surface area is 242 Å². The summed E-state index contributed by atoms with van der Waals surface area (Å²) in [4.78, 5) is 31.2. The second-order valence-corrected chi connectivity index (χ2v) is 11.4. The van der Waals surface area contributed by atoms with Crippen molar-refractivity contribution in [1.29, 1.82) is 0 Å². The molecule has 212 valence electrons. The van der Waals surface area contributed by atoms with Crippen molar-refractivity contribution in [2.75, 3.05) is 49.3 Å². The van der Waals surface area contributed by atoms with E-state index in [2.05, 4.69) is 28.0 Å². The van der Waals surface area contributed by atoms with Crippen molar-refractivity contribution in [3.05, 3.63) is 94.6 Å². The van der Waals surface area contributed by atoms with Gasteiger partial charge in [0.05, 0.1) is 5.69 Å². The third-order valence-electron chi connectivity index (χ3n) is 7.81. The predicted octanol–water partition coefficient (Wildman–Crippen LogP) is 6.00. The first kappa shape index (κ1) is 27.2. The Morgan fingerprint density at radius 1 is 0.878 bits per heavy atom. The second-order valence-electron chi connectivity index (χ2n) is 10.4. The van der Waals surface area contributed by atoms with Gasteiger partial charge < -0.3 is 14.4 Å². The van der Waals surface area contributed by atoms with Crippen molar-refractivity contribution >= 4 is 44.9 Å². The summed E-state index contributed by atoms with van der Waals surface area (Å²) < 4.78 is 25.7. The van der Waals surface area contributed by atoms with E-state index in [1.807, 2.05) is 41.8 Å². The van der Waals surface area contributed by atoms with E-state index in [4.69, 9.17) is 9.47 Å². The summed E-state index contributed by atoms with van der Waals surface area (Å²) in [6.07, 6.45) is 1.08. The number of amides is 1. The normalized spacial score (nSPS) is 15.7. The Morgan fingerprint density at radius 2 is 1.71 bits per heavy atom. The Balaban J connectivity index is 1.03. The molecule has 0 radical (unpaired) electrons. The number of carbonyl (C=O) groups is 2. The number of nitrogens with zero attached hydrogens (tertiary/aromatic N) is 3. The number of anilines is 2. The molecule has 0 spiro atoms. The third-order valence-corrected chi connectivity index (χ3v) is 8.67. The highest BCUT2D eigenvalue weighted by Crippen LogP contribution is 2.33. The molecule has 0 unspecified atom stereocenters. The minimum Gasteiger partial charge on any atom is -0.429 e. The smallest absolute Gasteiger partial charge is 0.429 e. The van der Waals surface area contributed by atoms with Crippen LogP contribution in [0.15, 0.2) is 72.1 Å². The van der Waals surface area contributed by atoms with E-state index in [0.29, 0.717) is 12.8 Å². The molecule has 41 heavy (non-hydrogen) atoms. The van der Waals surface area contributed by atoms with E-state index in [1.54, 1.807) is 23.5 Å². The van der Waals surface area contributed by atoms with Crippen LogP contribution in [0.25, 0.3) is 10.1 Å². The first-order valence-corrected chi connectivity index (χ1v) is 14.8. The Kier molecular flexibility index (Phi) is 8.16. The van der Waals surface area contributed by atoms with Crippen molar-refractivity contribution in [2.24, 2.45) is 0 Å². The van der Waals surface area contributed by atoms with Crippen LogP contribution in [0.1, 0.15) is 23.1 Å². The fourth-order valence-electron chi connectivity index (χ4n) is 5.54. The molecule has 1 aromatic heterocycles. The highest BCUT2D eigenvalue weighted by molar-refractivity contribution is 7.17. The zero-order valence-corrected chi connectivity index (χ0v) is 23.6. The lowest BCUT2D eigenvalue weighted by molar-refractivity contribution is -0.119. The highest BCUT2D eigenvalue weighted by atomic mass is 32.1. The van der Waals surface area contributed by atoms with Gasteiger partial charge in [-0.3, -0.25) is 14.6 Å². The first-order chi connectivity index (χ1) is 20.0. The molecule has 2 aliphatic rings. The molecule has 9 heteroatoms. The van der Waals surface area contributed by atoms with Gasteiger partial charge in [0.1, 0.15) is 12.4 Å². The van der Waals surface area contributed by atoms with E-state index < -0.39 is 6.16 Å². The summed E-state index contributed by atoms with van der Waals surface area (Å²) in [6, 6.07) is 21.0. The molecule has 1 saturated heterocycles. The van der Waals surface area contributed by atoms with E-state index in [9.17, 15) is 14.0 Å². The monoisotopic (exact) mass is 573 g/mol. The fraction of sp³-hybridized carbons (Fsp3) is 0.312. The molecule has 1 amide bonds. The van der Waals surface area contributed by atoms with E-state index in [1.165, 1.54) is 4.90 Å². The lowest BCUT2D eigenvalue weighted by atomic mass is 9.98. The molecule has 0 atom stereocenters. The molecule has 0 saturated carbocycles. The van der Waals surface area contributed by atoms with E-state index in [-0.39, 0.29) is 25.1 Å². The summed E-state index contributed by atoms with van der Waals surface area (Å²) in [5.74, 6) is -0.259. The molecule has 0 N–H and O–H groups in total. The average molecular weight is 574 g/mol. The summed E-state index contributed by atoms with van der Waals surface area (Å²) in [6.45, 7) is 4.32. The van der Waals surface area contributed by atoms with Crippen LogP contribution >= 0.6 is 11.3 Å². The van der Waals surface area contributed by atoms with Crippen LogP contribution in [-0.4, -0.2) is 56.4 Å². The van der Waals surface area contributed by atoms with E-state index in [0.717, 1.165) is 77.3 Å². The van der Waals surface area contributed by atoms with Crippen LogP contribution in [0.3, 0.4) is 0 Å². The summed E-state index contributed by atoms with van der Waals surface area (Å²) in [7, 11) is 0.